The van der Waals surface area contributed by atoms with Gasteiger partial charge in [0, 0.05) is 25.1 Å². The van der Waals surface area contributed by atoms with Crippen LogP contribution in [0.2, 0.25) is 0 Å². The van der Waals surface area contributed by atoms with Crippen LogP contribution in [0, 0.1) is 0 Å². The lowest BCUT2D eigenvalue weighted by atomic mass is 10.2. The van der Waals surface area contributed by atoms with Gasteiger partial charge in [-0.1, -0.05) is 48.5 Å². The molecule has 1 heterocycles. The third-order valence-corrected chi connectivity index (χ3v) is 4.88. The second kappa shape index (κ2) is 8.61. The van der Waals surface area contributed by atoms with Crippen LogP contribution in [0.25, 0.3) is 11.0 Å². The molecule has 4 aromatic rings. The van der Waals surface area contributed by atoms with E-state index in [2.05, 4.69) is 28.1 Å². The summed E-state index contributed by atoms with van der Waals surface area (Å²) in [7, 11) is 1.59. The van der Waals surface area contributed by atoms with Gasteiger partial charge in [0.1, 0.15) is 11.6 Å². The Kier molecular flexibility index (Phi) is 5.56. The Balaban J connectivity index is 1.50. The average molecular weight is 385 g/mol. The van der Waals surface area contributed by atoms with Crippen LogP contribution in [0.1, 0.15) is 21.7 Å². The lowest BCUT2D eigenvalue weighted by molar-refractivity contribution is 0.0953. The number of nitrogens with one attached hydrogen (secondary N) is 1. The molecule has 0 spiro atoms. The van der Waals surface area contributed by atoms with Gasteiger partial charge >= 0.3 is 0 Å². The lowest BCUT2D eigenvalue weighted by Crippen LogP contribution is -2.26. The summed E-state index contributed by atoms with van der Waals surface area (Å²) in [6, 6.07) is 25.6. The molecule has 3 aromatic carbocycles. The molecule has 0 aliphatic rings. The SMILES string of the molecule is COc1cccc(C(=O)NCCc2nc3ccccc3n2Cc2ccccc2)c1. The predicted molar refractivity (Wildman–Crippen MR) is 114 cm³/mol. The van der Waals surface area contributed by atoms with E-state index in [1.165, 1.54) is 5.56 Å². The number of imidazole rings is 1. The van der Waals surface area contributed by atoms with Gasteiger partial charge < -0.3 is 14.6 Å². The Bertz CT molecular complexity index is 1120. The number of aromatic nitrogens is 2. The monoisotopic (exact) mass is 385 g/mol. The van der Waals surface area contributed by atoms with Crippen molar-refractivity contribution in [2.75, 3.05) is 13.7 Å². The number of ether oxygens (including phenoxy) is 1. The minimum atomic E-state index is -0.116. The van der Waals surface area contributed by atoms with Crippen molar-refractivity contribution in [2.45, 2.75) is 13.0 Å². The Hall–Kier alpha value is -3.60. The van der Waals surface area contributed by atoms with Gasteiger partial charge in [-0.3, -0.25) is 4.79 Å². The fourth-order valence-electron chi connectivity index (χ4n) is 3.41. The van der Waals surface area contributed by atoms with Crippen molar-refractivity contribution in [2.24, 2.45) is 0 Å². The van der Waals surface area contributed by atoms with Gasteiger partial charge in [-0.25, -0.2) is 4.98 Å². The van der Waals surface area contributed by atoms with Crippen LogP contribution >= 0.6 is 0 Å². The van der Waals surface area contributed by atoms with Gasteiger partial charge in [-0.2, -0.15) is 0 Å². The molecule has 1 amide bonds. The molecule has 5 heteroatoms. The molecule has 0 fully saturated rings. The van der Waals surface area contributed by atoms with Gasteiger partial charge in [-0.05, 0) is 35.9 Å². The molecule has 29 heavy (non-hydrogen) atoms. The molecule has 0 bridgehead atoms. The zero-order valence-corrected chi connectivity index (χ0v) is 16.3. The van der Waals surface area contributed by atoms with Crippen LogP contribution in [0.15, 0.2) is 78.9 Å². The summed E-state index contributed by atoms with van der Waals surface area (Å²) in [6.45, 7) is 1.26. The number of rotatable bonds is 7. The number of carbonyl (C=O) groups is 1. The van der Waals surface area contributed by atoms with Crippen molar-refractivity contribution in [3.8, 4) is 5.75 Å². The highest BCUT2D eigenvalue weighted by molar-refractivity contribution is 5.94. The Labute approximate surface area is 170 Å². The van der Waals surface area contributed by atoms with Gasteiger partial charge in [0.05, 0.1) is 18.1 Å². The summed E-state index contributed by atoms with van der Waals surface area (Å²) in [6.07, 6.45) is 0.650. The maximum atomic E-state index is 12.5. The van der Waals surface area contributed by atoms with E-state index >= 15 is 0 Å². The molecule has 1 aromatic heterocycles. The third-order valence-electron chi connectivity index (χ3n) is 4.88. The first-order chi connectivity index (χ1) is 14.2. The van der Waals surface area contributed by atoms with Crippen LogP contribution in [0.3, 0.4) is 0 Å². The van der Waals surface area contributed by atoms with Gasteiger partial charge in [0.25, 0.3) is 5.91 Å². The van der Waals surface area contributed by atoms with E-state index in [1.807, 2.05) is 48.5 Å². The molecule has 0 unspecified atom stereocenters. The standard InChI is InChI=1S/C24H23N3O2/c1-29-20-11-7-10-19(16-20)24(28)25-15-14-23-26-21-12-5-6-13-22(21)27(23)17-18-8-3-2-4-9-18/h2-13,16H,14-15,17H2,1H3,(H,25,28). The number of hydrogen-bond donors (Lipinski definition) is 1. The summed E-state index contributed by atoms with van der Waals surface area (Å²) >= 11 is 0. The van der Waals surface area contributed by atoms with Gasteiger partial charge in [0.15, 0.2) is 0 Å². The number of nitrogens with zero attached hydrogens (tertiary/aromatic N) is 2. The third kappa shape index (κ3) is 4.29. The minimum Gasteiger partial charge on any atom is -0.497 e. The molecule has 1 N–H and O–H groups in total. The summed E-state index contributed by atoms with van der Waals surface area (Å²) in [5.74, 6) is 1.51. The van der Waals surface area contributed by atoms with E-state index in [9.17, 15) is 4.79 Å². The summed E-state index contributed by atoms with van der Waals surface area (Å²) in [5.41, 5.74) is 3.88. The Morgan fingerprint density at radius 1 is 1.00 bits per heavy atom. The molecule has 0 saturated heterocycles. The first-order valence-corrected chi connectivity index (χ1v) is 9.65. The van der Waals surface area contributed by atoms with E-state index in [-0.39, 0.29) is 5.91 Å². The highest BCUT2D eigenvalue weighted by atomic mass is 16.5. The van der Waals surface area contributed by atoms with E-state index in [1.54, 1.807) is 19.2 Å². The molecule has 5 nitrogen and oxygen atoms in total. The molecular weight excluding hydrogens is 362 g/mol. The molecule has 0 radical (unpaired) electrons. The molecule has 0 atom stereocenters. The number of carbonyl (C=O) groups excluding carboxylic acids is 1. The number of methoxy groups -OCH3 is 1. The van der Waals surface area contributed by atoms with Crippen molar-refractivity contribution in [1.82, 2.24) is 14.9 Å². The lowest BCUT2D eigenvalue weighted by Gasteiger charge is -2.10. The highest BCUT2D eigenvalue weighted by Gasteiger charge is 2.12. The zero-order valence-electron chi connectivity index (χ0n) is 16.3. The first-order valence-electron chi connectivity index (χ1n) is 9.65. The second-order valence-electron chi connectivity index (χ2n) is 6.83. The molecule has 0 aliphatic carbocycles. The van der Waals surface area contributed by atoms with Crippen LogP contribution in [0.5, 0.6) is 5.75 Å². The van der Waals surface area contributed by atoms with E-state index in [4.69, 9.17) is 9.72 Å². The molecule has 146 valence electrons. The molecular formula is C24H23N3O2. The fourth-order valence-corrected chi connectivity index (χ4v) is 3.41. The quantitative estimate of drug-likeness (QED) is 0.522. The summed E-state index contributed by atoms with van der Waals surface area (Å²) in [4.78, 5) is 17.3. The van der Waals surface area contributed by atoms with Crippen LogP contribution < -0.4 is 10.1 Å². The number of para-hydroxylation sites is 2. The topological polar surface area (TPSA) is 56.1 Å². The largest absolute Gasteiger partial charge is 0.497 e. The van der Waals surface area contributed by atoms with Crippen molar-refractivity contribution >= 4 is 16.9 Å². The van der Waals surface area contributed by atoms with Crippen LogP contribution in [-0.4, -0.2) is 29.1 Å². The first kappa shape index (κ1) is 18.7. The van der Waals surface area contributed by atoms with Gasteiger partial charge in [0.2, 0.25) is 0 Å². The maximum absolute atomic E-state index is 12.5. The van der Waals surface area contributed by atoms with E-state index < -0.39 is 0 Å². The van der Waals surface area contributed by atoms with Crippen molar-refractivity contribution in [3.63, 3.8) is 0 Å². The predicted octanol–water partition coefficient (Wildman–Crippen LogP) is 4.07. The number of benzene rings is 3. The number of fused-ring (bicyclic) bond motifs is 1. The van der Waals surface area contributed by atoms with E-state index in [0.717, 1.165) is 23.4 Å². The average Bonchev–Trinajstić information content (AvgIpc) is 3.11. The summed E-state index contributed by atoms with van der Waals surface area (Å²) < 4.78 is 7.42. The van der Waals surface area contributed by atoms with E-state index in [0.29, 0.717) is 24.3 Å². The second-order valence-corrected chi connectivity index (χ2v) is 6.83. The van der Waals surface area contributed by atoms with Crippen molar-refractivity contribution in [3.05, 3.63) is 95.8 Å². The van der Waals surface area contributed by atoms with Crippen molar-refractivity contribution in [1.29, 1.82) is 0 Å². The van der Waals surface area contributed by atoms with Crippen molar-refractivity contribution < 1.29 is 9.53 Å². The van der Waals surface area contributed by atoms with Crippen LogP contribution in [-0.2, 0) is 13.0 Å². The normalized spacial score (nSPS) is 10.8. The summed E-state index contributed by atoms with van der Waals surface area (Å²) in [5, 5.41) is 2.99. The van der Waals surface area contributed by atoms with Gasteiger partial charge in [-0.15, -0.1) is 0 Å². The van der Waals surface area contributed by atoms with Crippen LogP contribution in [0.4, 0.5) is 0 Å². The smallest absolute Gasteiger partial charge is 0.251 e. The minimum absolute atomic E-state index is 0.116. The number of hydrogen-bond acceptors (Lipinski definition) is 3. The maximum Gasteiger partial charge on any atom is 0.251 e. The molecule has 0 saturated carbocycles. The fraction of sp³-hybridized carbons (Fsp3) is 0.167. The molecule has 0 aliphatic heterocycles. The Morgan fingerprint density at radius 2 is 1.79 bits per heavy atom. The Morgan fingerprint density at radius 3 is 2.62 bits per heavy atom. The molecule has 4 rings (SSSR count). The zero-order chi connectivity index (χ0) is 20.1. The number of amides is 1. The highest BCUT2D eigenvalue weighted by Crippen LogP contribution is 2.18.